The second-order valence-electron chi connectivity index (χ2n) is 3.54. The molecular weight excluding hydrogens is 165 g/mol. The van der Waals surface area contributed by atoms with E-state index in [4.69, 9.17) is 11.6 Å². The molecule has 1 nitrogen and oxygen atoms in total. The number of alkyl halides is 2. The van der Waals surface area contributed by atoms with Crippen molar-refractivity contribution in [2.45, 2.75) is 25.1 Å². The number of rotatable bonds is 1. The van der Waals surface area contributed by atoms with Gasteiger partial charge in [-0.15, -0.1) is 11.6 Å². The second kappa shape index (κ2) is 2.91. The van der Waals surface area contributed by atoms with E-state index in [9.17, 15) is 4.39 Å². The van der Waals surface area contributed by atoms with Gasteiger partial charge in [0.15, 0.2) is 0 Å². The van der Waals surface area contributed by atoms with Crippen LogP contribution in [0.5, 0.6) is 0 Å². The van der Waals surface area contributed by atoms with Gasteiger partial charge in [0.1, 0.15) is 6.17 Å². The molecule has 64 valence electrons. The Morgan fingerprint density at radius 1 is 1.55 bits per heavy atom. The highest BCUT2D eigenvalue weighted by molar-refractivity contribution is 6.18. The Kier molecular flexibility index (Phi) is 2.06. The highest BCUT2D eigenvalue weighted by Gasteiger charge is 2.43. The fourth-order valence-corrected chi connectivity index (χ4v) is 2.76. The molecule has 0 aliphatic carbocycles. The van der Waals surface area contributed by atoms with Crippen molar-refractivity contribution in [1.29, 1.82) is 0 Å². The molecule has 0 N–H and O–H groups in total. The Labute approximate surface area is 71.5 Å². The van der Waals surface area contributed by atoms with Crippen LogP contribution in [0.3, 0.4) is 0 Å². The number of nitrogens with zero attached hydrogens (tertiary/aromatic N) is 1. The van der Waals surface area contributed by atoms with E-state index in [0.29, 0.717) is 18.5 Å². The fourth-order valence-electron chi connectivity index (χ4n) is 2.36. The van der Waals surface area contributed by atoms with Crippen molar-refractivity contribution in [2.24, 2.45) is 5.92 Å². The van der Waals surface area contributed by atoms with Crippen LogP contribution in [-0.2, 0) is 0 Å². The van der Waals surface area contributed by atoms with Crippen molar-refractivity contribution < 1.29 is 4.39 Å². The summed E-state index contributed by atoms with van der Waals surface area (Å²) >= 11 is 5.70. The maximum absolute atomic E-state index is 13.2. The van der Waals surface area contributed by atoms with E-state index in [2.05, 4.69) is 4.90 Å². The zero-order valence-electron chi connectivity index (χ0n) is 6.47. The molecule has 0 aromatic rings. The molecule has 2 saturated heterocycles. The molecule has 0 radical (unpaired) electrons. The van der Waals surface area contributed by atoms with Crippen LogP contribution in [0.2, 0.25) is 0 Å². The first kappa shape index (κ1) is 7.81. The second-order valence-corrected chi connectivity index (χ2v) is 3.85. The molecule has 0 spiro atoms. The normalized spacial score (nSPS) is 44.7. The van der Waals surface area contributed by atoms with Gasteiger partial charge in [-0.25, -0.2) is 4.39 Å². The average molecular weight is 178 g/mol. The third-order valence-corrected chi connectivity index (χ3v) is 3.32. The predicted octanol–water partition coefficient (Wildman–Crippen LogP) is 1.66. The van der Waals surface area contributed by atoms with E-state index >= 15 is 0 Å². The molecule has 2 fully saturated rings. The van der Waals surface area contributed by atoms with Gasteiger partial charge in [0.25, 0.3) is 0 Å². The monoisotopic (exact) mass is 177 g/mol. The van der Waals surface area contributed by atoms with Gasteiger partial charge >= 0.3 is 0 Å². The summed E-state index contributed by atoms with van der Waals surface area (Å²) < 4.78 is 13.2. The summed E-state index contributed by atoms with van der Waals surface area (Å²) in [5.74, 6) is 0.599. The van der Waals surface area contributed by atoms with E-state index in [1.807, 2.05) is 0 Å². The van der Waals surface area contributed by atoms with Crippen LogP contribution in [0.4, 0.5) is 4.39 Å². The molecule has 3 unspecified atom stereocenters. The van der Waals surface area contributed by atoms with Gasteiger partial charge in [-0.1, -0.05) is 0 Å². The van der Waals surface area contributed by atoms with E-state index in [1.54, 1.807) is 0 Å². The molecule has 0 aromatic carbocycles. The molecule has 2 aliphatic rings. The zero-order chi connectivity index (χ0) is 7.84. The Balaban J connectivity index is 2.07. The quantitative estimate of drug-likeness (QED) is 0.551. The lowest BCUT2D eigenvalue weighted by Gasteiger charge is -2.17. The maximum atomic E-state index is 13.2. The van der Waals surface area contributed by atoms with Gasteiger partial charge in [0.2, 0.25) is 0 Å². The molecule has 2 rings (SSSR count). The first-order chi connectivity index (χ1) is 5.33. The molecule has 3 heteroatoms. The lowest BCUT2D eigenvalue weighted by Crippen LogP contribution is -2.26. The van der Waals surface area contributed by atoms with Gasteiger partial charge in [-0.05, 0) is 19.4 Å². The van der Waals surface area contributed by atoms with Crippen LogP contribution in [0.15, 0.2) is 0 Å². The topological polar surface area (TPSA) is 3.24 Å². The minimum Gasteiger partial charge on any atom is -0.297 e. The summed E-state index contributed by atoms with van der Waals surface area (Å²) in [5.41, 5.74) is 0. The SMILES string of the molecule is FC1CN2CCCC2C1CCl. The molecule has 0 aromatic heterocycles. The van der Waals surface area contributed by atoms with Crippen LogP contribution < -0.4 is 0 Å². The van der Waals surface area contributed by atoms with E-state index < -0.39 is 6.17 Å². The lowest BCUT2D eigenvalue weighted by atomic mass is 9.99. The van der Waals surface area contributed by atoms with E-state index in [1.165, 1.54) is 6.42 Å². The van der Waals surface area contributed by atoms with Gasteiger partial charge in [0, 0.05) is 24.4 Å². The molecule has 0 saturated carbocycles. The number of halogens is 2. The first-order valence-corrected chi connectivity index (χ1v) is 4.80. The van der Waals surface area contributed by atoms with Crippen molar-refractivity contribution in [1.82, 2.24) is 4.90 Å². The summed E-state index contributed by atoms with van der Waals surface area (Å²) in [5, 5.41) is 0. The van der Waals surface area contributed by atoms with Crippen molar-refractivity contribution in [3.8, 4) is 0 Å². The van der Waals surface area contributed by atoms with E-state index in [0.717, 1.165) is 13.0 Å². The smallest absolute Gasteiger partial charge is 0.118 e. The van der Waals surface area contributed by atoms with Crippen LogP contribution in [-0.4, -0.2) is 36.1 Å². The zero-order valence-corrected chi connectivity index (χ0v) is 7.23. The first-order valence-electron chi connectivity index (χ1n) is 4.27. The largest absolute Gasteiger partial charge is 0.297 e. The van der Waals surface area contributed by atoms with Crippen molar-refractivity contribution in [3.63, 3.8) is 0 Å². The summed E-state index contributed by atoms with van der Waals surface area (Å²) in [6, 6.07) is 0.461. The number of hydrogen-bond donors (Lipinski definition) is 0. The Hall–Kier alpha value is 0.180. The van der Waals surface area contributed by atoms with Crippen LogP contribution in [0, 0.1) is 5.92 Å². The van der Waals surface area contributed by atoms with Gasteiger partial charge in [-0.3, -0.25) is 4.90 Å². The highest BCUT2D eigenvalue weighted by atomic mass is 35.5. The molecule has 2 heterocycles. The third kappa shape index (κ3) is 1.17. The minimum atomic E-state index is -0.669. The molecular formula is C8H13ClFN. The van der Waals surface area contributed by atoms with Gasteiger partial charge in [0.05, 0.1) is 0 Å². The lowest BCUT2D eigenvalue weighted by molar-refractivity contribution is 0.278. The molecule has 0 amide bonds. The molecule has 0 bridgehead atoms. The number of hydrogen-bond acceptors (Lipinski definition) is 1. The van der Waals surface area contributed by atoms with Gasteiger partial charge in [-0.2, -0.15) is 0 Å². The Morgan fingerprint density at radius 2 is 2.36 bits per heavy atom. The maximum Gasteiger partial charge on any atom is 0.118 e. The van der Waals surface area contributed by atoms with Crippen LogP contribution in [0.25, 0.3) is 0 Å². The summed E-state index contributed by atoms with van der Waals surface area (Å²) in [7, 11) is 0. The fraction of sp³-hybridized carbons (Fsp3) is 1.00. The predicted molar refractivity (Wildman–Crippen MR) is 43.7 cm³/mol. The minimum absolute atomic E-state index is 0.110. The number of fused-ring (bicyclic) bond motifs is 1. The summed E-state index contributed by atoms with van der Waals surface area (Å²) in [4.78, 5) is 2.25. The summed E-state index contributed by atoms with van der Waals surface area (Å²) in [6.45, 7) is 1.71. The van der Waals surface area contributed by atoms with Crippen molar-refractivity contribution >= 4 is 11.6 Å². The van der Waals surface area contributed by atoms with Gasteiger partial charge < -0.3 is 0 Å². The van der Waals surface area contributed by atoms with Crippen molar-refractivity contribution in [3.05, 3.63) is 0 Å². The molecule has 3 atom stereocenters. The third-order valence-electron chi connectivity index (χ3n) is 2.96. The standard InChI is InChI=1S/C8H13ClFN/c9-4-6-7(10)5-11-3-1-2-8(6)11/h6-8H,1-5H2. The van der Waals surface area contributed by atoms with Crippen LogP contribution >= 0.6 is 11.6 Å². The summed E-state index contributed by atoms with van der Waals surface area (Å²) in [6.07, 6.45) is 1.71. The van der Waals surface area contributed by atoms with Crippen LogP contribution in [0.1, 0.15) is 12.8 Å². The molecule has 11 heavy (non-hydrogen) atoms. The van der Waals surface area contributed by atoms with E-state index in [-0.39, 0.29) is 5.92 Å². The highest BCUT2D eigenvalue weighted by Crippen LogP contribution is 2.34. The Bertz CT molecular complexity index is 153. The molecule has 2 aliphatic heterocycles. The van der Waals surface area contributed by atoms with Crippen molar-refractivity contribution in [2.75, 3.05) is 19.0 Å². The Morgan fingerprint density at radius 3 is 3.09 bits per heavy atom. The average Bonchev–Trinajstić information content (AvgIpc) is 2.46.